The Morgan fingerprint density at radius 1 is 1.23 bits per heavy atom. The van der Waals surface area contributed by atoms with Crippen LogP contribution in [0.3, 0.4) is 0 Å². The summed E-state index contributed by atoms with van der Waals surface area (Å²) in [6.07, 6.45) is 5.55. The fraction of sp³-hybridized carbons (Fsp3) is 0.538. The quantitative estimate of drug-likeness (QED) is 0.365. The van der Waals surface area contributed by atoms with E-state index in [1.807, 2.05) is 26.0 Å². The Labute approximate surface area is 209 Å². The predicted molar refractivity (Wildman–Crippen MR) is 137 cm³/mol. The van der Waals surface area contributed by atoms with Crippen LogP contribution in [-0.4, -0.2) is 33.8 Å². The molecular weight excluding hydrogens is 469 g/mol. The van der Waals surface area contributed by atoms with Crippen molar-refractivity contribution in [2.45, 2.75) is 59.8 Å². The molecule has 0 radical (unpaired) electrons. The molecule has 2 N–H and O–H groups in total. The molecule has 9 heteroatoms. The molecule has 4 rings (SSSR count). The van der Waals surface area contributed by atoms with E-state index in [0.717, 1.165) is 46.0 Å². The first-order valence-electron chi connectivity index (χ1n) is 12.2. The number of halogens is 1. The summed E-state index contributed by atoms with van der Waals surface area (Å²) < 4.78 is 48.7. The zero-order chi connectivity index (χ0) is 25.1. The molecule has 3 aliphatic rings. The van der Waals surface area contributed by atoms with Gasteiger partial charge in [0, 0.05) is 36.4 Å². The maximum atomic E-state index is 15.1. The number of rotatable bonds is 8. The Balaban J connectivity index is 1.71. The summed E-state index contributed by atoms with van der Waals surface area (Å²) >= 11 is -2.04. The molecule has 0 aliphatic carbocycles. The van der Waals surface area contributed by atoms with E-state index in [-0.39, 0.29) is 30.5 Å². The second-order valence-corrected chi connectivity index (χ2v) is 10.4. The summed E-state index contributed by atoms with van der Waals surface area (Å²) in [5.41, 5.74) is 5.60. The van der Waals surface area contributed by atoms with Crippen molar-refractivity contribution in [1.29, 1.82) is 0 Å². The van der Waals surface area contributed by atoms with E-state index >= 15 is 4.39 Å². The number of aryl methyl sites for hydroxylation is 1. The highest BCUT2D eigenvalue weighted by atomic mass is 32.2. The molecule has 190 valence electrons. The van der Waals surface area contributed by atoms with Crippen LogP contribution in [-0.2, 0) is 17.7 Å². The summed E-state index contributed by atoms with van der Waals surface area (Å²) in [7, 11) is 0. The number of hydrogen-bond acceptors (Lipinski definition) is 5. The summed E-state index contributed by atoms with van der Waals surface area (Å²) in [5.74, 6) is 1.04. The highest BCUT2D eigenvalue weighted by molar-refractivity contribution is 7.77. The van der Waals surface area contributed by atoms with Gasteiger partial charge in [-0.15, -0.1) is 0 Å². The molecule has 7 nitrogen and oxygen atoms in total. The number of ether oxygens (including phenoxy) is 2. The maximum absolute atomic E-state index is 15.1. The summed E-state index contributed by atoms with van der Waals surface area (Å²) in [6, 6.07) is 4.01. The minimum Gasteiger partial charge on any atom is -0.454 e. The van der Waals surface area contributed by atoms with Gasteiger partial charge in [0.05, 0.1) is 11.4 Å². The average Bonchev–Trinajstić information content (AvgIpc) is 3.17. The Bertz CT molecular complexity index is 1130. The van der Waals surface area contributed by atoms with Crippen LogP contribution < -0.4 is 14.2 Å². The van der Waals surface area contributed by atoms with Crippen molar-refractivity contribution in [3.8, 4) is 11.5 Å². The van der Waals surface area contributed by atoms with Crippen molar-refractivity contribution in [3.05, 3.63) is 46.3 Å². The van der Waals surface area contributed by atoms with Gasteiger partial charge in [-0.3, -0.25) is 9.55 Å². The van der Waals surface area contributed by atoms with Gasteiger partial charge in [0.2, 0.25) is 18.1 Å². The second kappa shape index (κ2) is 11.1. The Hall–Kier alpha value is -2.36. The molecule has 35 heavy (non-hydrogen) atoms. The standard InChI is InChI=1S/C26H34FN3O4S/c1-5-18-9-16(3)24-25(30-26(18)27)17(4)19(7-6-8-28-35(31)32)11-21(29-24)12-20-13-23-22(10-15(20)2)33-14-34-23/h10-11,13,16,18-19,28H,5-9,12,14H2,1-4H3,(H,31,32). The number of allylic oxidation sites excluding steroid dienone is 4. The van der Waals surface area contributed by atoms with Crippen molar-refractivity contribution < 1.29 is 22.6 Å². The highest BCUT2D eigenvalue weighted by Gasteiger charge is 2.31. The lowest BCUT2D eigenvalue weighted by molar-refractivity contribution is 0.174. The van der Waals surface area contributed by atoms with Crippen LogP contribution in [0.4, 0.5) is 4.39 Å². The lowest BCUT2D eigenvalue weighted by atomic mass is 9.88. The van der Waals surface area contributed by atoms with Crippen LogP contribution in [0.15, 0.2) is 45.2 Å². The van der Waals surface area contributed by atoms with Crippen LogP contribution in [0, 0.1) is 24.7 Å². The summed E-state index contributed by atoms with van der Waals surface area (Å²) in [6.45, 7) is 8.79. The Kier molecular flexibility index (Phi) is 8.19. The molecule has 4 atom stereocenters. The monoisotopic (exact) mass is 503 g/mol. The first kappa shape index (κ1) is 25.7. The van der Waals surface area contributed by atoms with Gasteiger partial charge in [0.15, 0.2) is 17.5 Å². The van der Waals surface area contributed by atoms with E-state index in [0.29, 0.717) is 37.9 Å². The Morgan fingerprint density at radius 3 is 2.69 bits per heavy atom. The largest absolute Gasteiger partial charge is 0.454 e. The normalized spacial score (nSPS) is 24.7. The third kappa shape index (κ3) is 5.90. The molecule has 0 fully saturated rings. The van der Waals surface area contributed by atoms with Gasteiger partial charge >= 0.3 is 0 Å². The van der Waals surface area contributed by atoms with Gasteiger partial charge < -0.3 is 9.47 Å². The topological polar surface area (TPSA) is 92.5 Å². The third-order valence-corrected chi connectivity index (χ3v) is 7.55. The molecule has 1 aromatic rings. The van der Waals surface area contributed by atoms with Gasteiger partial charge in [0.1, 0.15) is 0 Å². The molecular formula is C26H34FN3O4S. The molecule has 1 aromatic carbocycles. The summed E-state index contributed by atoms with van der Waals surface area (Å²) in [5, 5.41) is 0. The minimum atomic E-state index is -2.04. The second-order valence-electron chi connectivity index (χ2n) is 9.56. The van der Waals surface area contributed by atoms with E-state index in [1.165, 1.54) is 0 Å². The zero-order valence-electron chi connectivity index (χ0n) is 20.8. The number of fused-ring (bicyclic) bond motifs is 2. The zero-order valence-corrected chi connectivity index (χ0v) is 21.6. The number of hydrogen-bond donors (Lipinski definition) is 2. The van der Waals surface area contributed by atoms with Gasteiger partial charge in [-0.25, -0.2) is 13.9 Å². The molecule has 0 saturated carbocycles. The fourth-order valence-corrected chi connectivity index (χ4v) is 5.31. The fourth-order valence-electron chi connectivity index (χ4n) is 4.99. The first-order chi connectivity index (χ1) is 16.8. The summed E-state index contributed by atoms with van der Waals surface area (Å²) in [4.78, 5) is 9.58. The van der Waals surface area contributed by atoms with E-state index in [4.69, 9.17) is 19.0 Å². The van der Waals surface area contributed by atoms with Crippen molar-refractivity contribution in [2.75, 3.05) is 13.3 Å². The van der Waals surface area contributed by atoms with E-state index < -0.39 is 11.3 Å². The smallest absolute Gasteiger partial charge is 0.231 e. The molecule has 0 saturated heterocycles. The van der Waals surface area contributed by atoms with Crippen LogP contribution in [0.25, 0.3) is 0 Å². The lowest BCUT2D eigenvalue weighted by Gasteiger charge is -2.17. The van der Waals surface area contributed by atoms with Crippen molar-refractivity contribution >= 4 is 22.9 Å². The molecule has 3 aliphatic heterocycles. The van der Waals surface area contributed by atoms with Crippen LogP contribution in [0.5, 0.6) is 11.5 Å². The van der Waals surface area contributed by atoms with Crippen LogP contribution in [0.1, 0.15) is 57.6 Å². The number of benzene rings is 1. The van der Waals surface area contributed by atoms with Crippen molar-refractivity contribution in [2.24, 2.45) is 27.7 Å². The van der Waals surface area contributed by atoms with E-state index in [1.54, 1.807) is 0 Å². The van der Waals surface area contributed by atoms with Crippen LogP contribution in [0.2, 0.25) is 0 Å². The Morgan fingerprint density at radius 2 is 1.97 bits per heavy atom. The molecule has 3 heterocycles. The molecule has 0 spiro atoms. The molecule has 0 aromatic heterocycles. The van der Waals surface area contributed by atoms with Gasteiger partial charge in [-0.2, -0.15) is 4.39 Å². The molecule has 0 bridgehead atoms. The molecule has 0 amide bonds. The van der Waals surface area contributed by atoms with Gasteiger partial charge in [-0.05, 0) is 68.4 Å². The predicted octanol–water partition coefficient (Wildman–Crippen LogP) is 5.44. The van der Waals surface area contributed by atoms with E-state index in [9.17, 15) is 4.21 Å². The third-order valence-electron chi connectivity index (χ3n) is 7.10. The number of aliphatic imine (C=N–C) groups is 2. The minimum absolute atomic E-state index is 0.00794. The number of nitrogens with zero attached hydrogens (tertiary/aromatic N) is 2. The number of nitrogens with one attached hydrogen (secondary N) is 1. The lowest BCUT2D eigenvalue weighted by Crippen LogP contribution is -2.18. The highest BCUT2D eigenvalue weighted by Crippen LogP contribution is 2.38. The first-order valence-corrected chi connectivity index (χ1v) is 13.3. The average molecular weight is 504 g/mol. The SMILES string of the molecule is CCC1CC(C)C2=NC(Cc3cc4c(cc3C)OCO4)=CC(CCCNS(=O)O)C(C)=C2N=C1F. The van der Waals surface area contributed by atoms with Crippen molar-refractivity contribution in [3.63, 3.8) is 0 Å². The van der Waals surface area contributed by atoms with E-state index in [2.05, 4.69) is 29.6 Å². The molecule has 4 unspecified atom stereocenters. The maximum Gasteiger partial charge on any atom is 0.231 e. The van der Waals surface area contributed by atoms with Gasteiger partial charge in [0.25, 0.3) is 0 Å². The van der Waals surface area contributed by atoms with Crippen molar-refractivity contribution in [1.82, 2.24) is 4.72 Å². The van der Waals surface area contributed by atoms with Gasteiger partial charge in [-0.1, -0.05) is 19.9 Å². The van der Waals surface area contributed by atoms with Crippen LogP contribution >= 0.6 is 0 Å².